The Morgan fingerprint density at radius 2 is 2.45 bits per heavy atom. The van der Waals surface area contributed by atoms with Crippen LogP contribution in [0.4, 0.5) is 0 Å². The first-order valence-corrected chi connectivity index (χ1v) is 3.60. The minimum atomic E-state index is 0.349. The van der Waals surface area contributed by atoms with E-state index in [9.17, 15) is 0 Å². The van der Waals surface area contributed by atoms with Crippen molar-refractivity contribution in [2.24, 2.45) is 0 Å². The van der Waals surface area contributed by atoms with Gasteiger partial charge in [-0.3, -0.25) is 4.98 Å². The lowest BCUT2D eigenvalue weighted by Crippen LogP contribution is -1.87. The van der Waals surface area contributed by atoms with Crippen LogP contribution in [-0.4, -0.2) is 4.98 Å². The highest BCUT2D eigenvalue weighted by Crippen LogP contribution is 2.15. The molecule has 2 nitrogen and oxygen atoms in total. The first kappa shape index (κ1) is 8.03. The minimum Gasteiger partial charge on any atom is -0.260 e. The van der Waals surface area contributed by atoms with Crippen LogP contribution >= 0.6 is 11.6 Å². The number of nitrogens with zero attached hydrogens (tertiary/aromatic N) is 2. The number of hydrogen-bond donors (Lipinski definition) is 0. The molecule has 0 bridgehead atoms. The van der Waals surface area contributed by atoms with Crippen LogP contribution in [0.5, 0.6) is 0 Å². The second kappa shape index (κ2) is 3.36. The normalized spacial score (nSPS) is 9.18. The Morgan fingerprint density at radius 3 is 3.09 bits per heavy atom. The summed E-state index contributed by atoms with van der Waals surface area (Å²) in [5.41, 5.74) is 1.74. The zero-order chi connectivity index (χ0) is 8.27. The molecule has 1 aromatic rings. The van der Waals surface area contributed by atoms with Gasteiger partial charge in [-0.1, -0.05) is 11.6 Å². The summed E-state index contributed by atoms with van der Waals surface area (Å²) < 4.78 is 0. The molecule has 11 heavy (non-hydrogen) atoms. The van der Waals surface area contributed by atoms with E-state index in [1.165, 1.54) is 0 Å². The van der Waals surface area contributed by atoms with Gasteiger partial charge in [-0.2, -0.15) is 5.26 Å². The number of pyridine rings is 1. The third kappa shape index (κ3) is 1.92. The summed E-state index contributed by atoms with van der Waals surface area (Å²) in [4.78, 5) is 3.98. The number of nitriles is 1. The van der Waals surface area contributed by atoms with E-state index >= 15 is 0 Å². The van der Waals surface area contributed by atoms with Gasteiger partial charge in [-0.05, 0) is 18.6 Å². The van der Waals surface area contributed by atoms with Gasteiger partial charge in [-0.25, -0.2) is 0 Å². The van der Waals surface area contributed by atoms with Crippen LogP contribution in [0.25, 0.3) is 0 Å². The average Bonchev–Trinajstić information content (AvgIpc) is 1.98. The van der Waals surface area contributed by atoms with Gasteiger partial charge < -0.3 is 0 Å². The lowest BCUT2D eigenvalue weighted by Gasteiger charge is -1.98. The highest BCUT2D eigenvalue weighted by Gasteiger charge is 1.99. The standard InChI is InChI=1S/C8H7ClN2/c1-6-4-7(2-3-10)8(9)5-11-6/h4-5H,2H2,1H3. The van der Waals surface area contributed by atoms with Gasteiger partial charge >= 0.3 is 0 Å². The van der Waals surface area contributed by atoms with E-state index in [0.29, 0.717) is 11.4 Å². The molecule has 0 aliphatic heterocycles. The zero-order valence-electron chi connectivity index (χ0n) is 6.13. The predicted octanol–water partition coefficient (Wildman–Crippen LogP) is 2.11. The molecule has 1 heterocycles. The quantitative estimate of drug-likeness (QED) is 0.641. The number of rotatable bonds is 1. The molecular weight excluding hydrogens is 160 g/mol. The molecule has 1 aromatic heterocycles. The maximum atomic E-state index is 8.41. The molecule has 0 amide bonds. The molecular formula is C8H7ClN2. The highest BCUT2D eigenvalue weighted by molar-refractivity contribution is 6.31. The number of aromatic nitrogens is 1. The molecule has 0 saturated heterocycles. The summed E-state index contributed by atoms with van der Waals surface area (Å²) in [7, 11) is 0. The van der Waals surface area contributed by atoms with Crippen LogP contribution in [0.15, 0.2) is 12.3 Å². The van der Waals surface area contributed by atoms with Crippen molar-refractivity contribution in [1.82, 2.24) is 4.98 Å². The monoisotopic (exact) mass is 166 g/mol. The van der Waals surface area contributed by atoms with Crippen LogP contribution in [0.1, 0.15) is 11.3 Å². The summed E-state index contributed by atoms with van der Waals surface area (Å²) in [6.07, 6.45) is 1.92. The fraction of sp³-hybridized carbons (Fsp3) is 0.250. The molecule has 0 aliphatic carbocycles. The largest absolute Gasteiger partial charge is 0.260 e. The first-order chi connectivity index (χ1) is 5.24. The molecule has 0 unspecified atom stereocenters. The van der Waals surface area contributed by atoms with Gasteiger partial charge in [0.25, 0.3) is 0 Å². The third-order valence-corrected chi connectivity index (χ3v) is 1.68. The smallest absolute Gasteiger partial charge is 0.0670 e. The van der Waals surface area contributed by atoms with E-state index in [2.05, 4.69) is 4.98 Å². The van der Waals surface area contributed by atoms with Crippen molar-refractivity contribution in [1.29, 1.82) is 5.26 Å². The SMILES string of the molecule is Cc1cc(CC#N)c(Cl)cn1. The predicted molar refractivity (Wildman–Crippen MR) is 43.3 cm³/mol. The first-order valence-electron chi connectivity index (χ1n) is 3.22. The molecule has 3 heteroatoms. The Morgan fingerprint density at radius 1 is 1.73 bits per heavy atom. The van der Waals surface area contributed by atoms with Crippen molar-refractivity contribution in [2.75, 3.05) is 0 Å². The lowest BCUT2D eigenvalue weighted by molar-refractivity contribution is 1.14. The van der Waals surface area contributed by atoms with Crippen molar-refractivity contribution >= 4 is 11.6 Å². The van der Waals surface area contributed by atoms with Crippen molar-refractivity contribution < 1.29 is 0 Å². The molecule has 0 fully saturated rings. The van der Waals surface area contributed by atoms with Gasteiger partial charge in [-0.15, -0.1) is 0 Å². The molecule has 0 atom stereocenters. The van der Waals surface area contributed by atoms with Crippen LogP contribution < -0.4 is 0 Å². The van der Waals surface area contributed by atoms with Gasteiger partial charge in [0, 0.05) is 11.9 Å². The molecule has 0 aromatic carbocycles. The zero-order valence-corrected chi connectivity index (χ0v) is 6.89. The van der Waals surface area contributed by atoms with E-state index in [0.717, 1.165) is 11.3 Å². The second-order valence-corrected chi connectivity index (χ2v) is 2.66. The molecule has 0 N–H and O–H groups in total. The fourth-order valence-electron chi connectivity index (χ4n) is 0.820. The van der Waals surface area contributed by atoms with E-state index in [-0.39, 0.29) is 0 Å². The van der Waals surface area contributed by atoms with E-state index < -0.39 is 0 Å². The van der Waals surface area contributed by atoms with Crippen molar-refractivity contribution in [2.45, 2.75) is 13.3 Å². The Bertz CT molecular complexity index is 301. The lowest BCUT2D eigenvalue weighted by atomic mass is 10.2. The van der Waals surface area contributed by atoms with E-state index in [4.69, 9.17) is 16.9 Å². The average molecular weight is 167 g/mol. The van der Waals surface area contributed by atoms with Gasteiger partial charge in [0.05, 0.1) is 17.5 Å². The minimum absolute atomic E-state index is 0.349. The van der Waals surface area contributed by atoms with Gasteiger partial charge in [0.15, 0.2) is 0 Å². The number of aryl methyl sites for hydroxylation is 1. The topological polar surface area (TPSA) is 36.7 Å². The van der Waals surface area contributed by atoms with Crippen LogP contribution in [-0.2, 0) is 6.42 Å². The summed E-state index contributed by atoms with van der Waals surface area (Å²) in [6.45, 7) is 1.87. The molecule has 0 aliphatic rings. The van der Waals surface area contributed by atoms with Gasteiger partial charge in [0.1, 0.15) is 0 Å². The summed E-state index contributed by atoms with van der Waals surface area (Å²) in [6, 6.07) is 3.86. The fourth-order valence-corrected chi connectivity index (χ4v) is 0.991. The van der Waals surface area contributed by atoms with Crippen LogP contribution in [0.3, 0.4) is 0 Å². The molecule has 0 spiro atoms. The van der Waals surface area contributed by atoms with Crippen molar-refractivity contribution in [3.05, 3.63) is 28.5 Å². The molecule has 0 saturated carbocycles. The van der Waals surface area contributed by atoms with Crippen molar-refractivity contribution in [3.63, 3.8) is 0 Å². The maximum Gasteiger partial charge on any atom is 0.0670 e. The third-order valence-electron chi connectivity index (χ3n) is 1.34. The van der Waals surface area contributed by atoms with Crippen LogP contribution in [0, 0.1) is 18.3 Å². The Kier molecular flexibility index (Phi) is 2.45. The summed E-state index contributed by atoms with van der Waals surface area (Å²) >= 11 is 5.76. The summed E-state index contributed by atoms with van der Waals surface area (Å²) in [5, 5.41) is 8.97. The van der Waals surface area contributed by atoms with E-state index in [1.54, 1.807) is 6.20 Å². The van der Waals surface area contributed by atoms with Crippen molar-refractivity contribution in [3.8, 4) is 6.07 Å². The molecule has 56 valence electrons. The number of hydrogen-bond acceptors (Lipinski definition) is 2. The van der Waals surface area contributed by atoms with Gasteiger partial charge in [0.2, 0.25) is 0 Å². The Labute approximate surface area is 70.4 Å². The van der Waals surface area contributed by atoms with Crippen LogP contribution in [0.2, 0.25) is 5.02 Å². The highest BCUT2D eigenvalue weighted by atomic mass is 35.5. The van der Waals surface area contributed by atoms with E-state index in [1.807, 2.05) is 19.1 Å². The molecule has 0 radical (unpaired) electrons. The molecule has 1 rings (SSSR count). The number of halogens is 1. The Hall–Kier alpha value is -1.07. The maximum absolute atomic E-state index is 8.41. The second-order valence-electron chi connectivity index (χ2n) is 2.25. The Balaban J connectivity index is 3.05. The summed E-state index contributed by atoms with van der Waals surface area (Å²) in [5.74, 6) is 0.